The molecule has 0 saturated carbocycles. The van der Waals surface area contributed by atoms with Crippen molar-refractivity contribution in [3.8, 4) is 0 Å². The van der Waals surface area contributed by atoms with Crippen LogP contribution in [0.3, 0.4) is 0 Å². The Labute approximate surface area is 114 Å². The first-order valence-electron chi connectivity index (χ1n) is 5.78. The van der Waals surface area contributed by atoms with Gasteiger partial charge in [0.1, 0.15) is 17.1 Å². The third-order valence-electron chi connectivity index (χ3n) is 2.91. The van der Waals surface area contributed by atoms with E-state index < -0.39 is 24.0 Å². The van der Waals surface area contributed by atoms with Gasteiger partial charge >= 0.3 is 12.1 Å². The first-order chi connectivity index (χ1) is 8.97. The van der Waals surface area contributed by atoms with E-state index in [4.69, 9.17) is 9.84 Å². The molecule has 0 radical (unpaired) electrons. The fraction of sp³-hybridized carbons (Fsp3) is 0.545. The summed E-state index contributed by atoms with van der Waals surface area (Å²) in [5.74, 6) is -1.01. The summed E-state index contributed by atoms with van der Waals surface area (Å²) in [5.41, 5.74) is 0.673. The highest BCUT2D eigenvalue weighted by Gasteiger charge is 2.53. The first kappa shape index (κ1) is 13.7. The van der Waals surface area contributed by atoms with Gasteiger partial charge in [0.2, 0.25) is 0 Å². The molecule has 0 aromatic rings. The normalized spacial score (nSPS) is 25.6. The lowest BCUT2D eigenvalue weighted by Crippen LogP contribution is -2.70. The van der Waals surface area contributed by atoms with E-state index in [2.05, 4.69) is 5.32 Å². The number of nitrogens with one attached hydrogen (secondary N) is 1. The van der Waals surface area contributed by atoms with Gasteiger partial charge in [-0.2, -0.15) is 0 Å². The molecule has 104 valence electrons. The van der Waals surface area contributed by atoms with Crippen LogP contribution in [0.4, 0.5) is 4.79 Å². The number of carboxylic acid groups (broad SMARTS) is 1. The number of ether oxygens (including phenoxy) is 1. The topological polar surface area (TPSA) is 95.9 Å². The Morgan fingerprint density at radius 3 is 2.84 bits per heavy atom. The zero-order valence-corrected chi connectivity index (χ0v) is 11.3. The number of rotatable bonds is 3. The van der Waals surface area contributed by atoms with Gasteiger partial charge in [-0.25, -0.2) is 9.59 Å². The number of carbonyl (C=O) groups is 3. The minimum Gasteiger partial charge on any atom is -0.477 e. The summed E-state index contributed by atoms with van der Waals surface area (Å²) in [6, 6.07) is -0.716. The maximum absolute atomic E-state index is 11.9. The summed E-state index contributed by atoms with van der Waals surface area (Å²) in [6.45, 7) is 3.57. The van der Waals surface area contributed by atoms with Gasteiger partial charge in [-0.1, -0.05) is 0 Å². The lowest BCUT2D eigenvalue weighted by molar-refractivity contribution is -0.149. The van der Waals surface area contributed by atoms with Crippen LogP contribution in [0.2, 0.25) is 0 Å². The first-order valence-corrected chi connectivity index (χ1v) is 6.83. The summed E-state index contributed by atoms with van der Waals surface area (Å²) in [5, 5.41) is 11.2. The number of carbonyl (C=O) groups excluding carboxylic acids is 2. The van der Waals surface area contributed by atoms with E-state index in [0.29, 0.717) is 11.3 Å². The number of nitrogens with zero attached hydrogens (tertiary/aromatic N) is 1. The molecule has 2 aliphatic heterocycles. The van der Waals surface area contributed by atoms with E-state index in [9.17, 15) is 14.4 Å². The van der Waals surface area contributed by atoms with Crippen molar-refractivity contribution in [2.45, 2.75) is 25.3 Å². The molecule has 2 amide bonds. The van der Waals surface area contributed by atoms with Crippen LogP contribution in [-0.4, -0.2) is 51.8 Å². The number of thioether (sulfide) groups is 1. The number of β-lactam (4-membered cyclic amide) rings is 1. The van der Waals surface area contributed by atoms with Crippen LogP contribution >= 0.6 is 11.8 Å². The summed E-state index contributed by atoms with van der Waals surface area (Å²) in [4.78, 5) is 35.6. The Balaban J connectivity index is 2.11. The molecule has 0 unspecified atom stereocenters. The van der Waals surface area contributed by atoms with E-state index in [0.717, 1.165) is 0 Å². The summed E-state index contributed by atoms with van der Waals surface area (Å²) < 4.78 is 4.71. The molecule has 0 spiro atoms. The van der Waals surface area contributed by atoms with Crippen molar-refractivity contribution in [1.82, 2.24) is 10.2 Å². The Morgan fingerprint density at radius 2 is 2.26 bits per heavy atom. The van der Waals surface area contributed by atoms with E-state index >= 15 is 0 Å². The van der Waals surface area contributed by atoms with Crippen LogP contribution in [-0.2, 0) is 14.3 Å². The second kappa shape index (κ2) is 5.12. The van der Waals surface area contributed by atoms with E-state index in [-0.39, 0.29) is 17.7 Å². The number of alkyl carbamates (subject to hydrolysis) is 1. The van der Waals surface area contributed by atoms with Crippen LogP contribution in [0, 0.1) is 0 Å². The van der Waals surface area contributed by atoms with E-state index in [1.54, 1.807) is 13.8 Å². The van der Waals surface area contributed by atoms with Crippen LogP contribution in [0.25, 0.3) is 0 Å². The lowest BCUT2D eigenvalue weighted by atomic mass is 10.0. The molecule has 0 aromatic heterocycles. The van der Waals surface area contributed by atoms with E-state index in [1.807, 2.05) is 0 Å². The van der Waals surface area contributed by atoms with Crippen LogP contribution in [0.5, 0.6) is 0 Å². The monoisotopic (exact) mass is 286 g/mol. The highest BCUT2D eigenvalue weighted by molar-refractivity contribution is 8.00. The SMILES string of the molecule is CCOC(=O)N[C@@H]1C(=O)N2C(C(=O)O)=C(C)CS[C@@H]12. The molecule has 2 aliphatic rings. The molecule has 0 bridgehead atoms. The Kier molecular flexibility index (Phi) is 3.70. The Morgan fingerprint density at radius 1 is 1.58 bits per heavy atom. The van der Waals surface area contributed by atoms with Crippen molar-refractivity contribution in [3.05, 3.63) is 11.3 Å². The van der Waals surface area contributed by atoms with Gasteiger partial charge in [-0.3, -0.25) is 9.69 Å². The number of carboxylic acids is 1. The van der Waals surface area contributed by atoms with Crippen LogP contribution in [0.1, 0.15) is 13.8 Å². The average molecular weight is 286 g/mol. The smallest absolute Gasteiger partial charge is 0.407 e. The average Bonchev–Trinajstić information content (AvgIpc) is 2.35. The lowest BCUT2D eigenvalue weighted by Gasteiger charge is -2.49. The van der Waals surface area contributed by atoms with Gasteiger partial charge in [0.05, 0.1) is 6.61 Å². The third kappa shape index (κ3) is 2.27. The van der Waals surface area contributed by atoms with E-state index in [1.165, 1.54) is 16.7 Å². The molecule has 2 atom stereocenters. The predicted molar refractivity (Wildman–Crippen MR) is 67.4 cm³/mol. The van der Waals surface area contributed by atoms with Crippen molar-refractivity contribution < 1.29 is 24.2 Å². The highest BCUT2D eigenvalue weighted by atomic mass is 32.2. The van der Waals surface area contributed by atoms with Gasteiger partial charge < -0.3 is 15.2 Å². The largest absolute Gasteiger partial charge is 0.477 e. The van der Waals surface area contributed by atoms with Crippen molar-refractivity contribution in [2.24, 2.45) is 0 Å². The number of fused-ring (bicyclic) bond motifs is 1. The van der Waals surface area contributed by atoms with Crippen LogP contribution in [0.15, 0.2) is 11.3 Å². The second-order valence-corrected chi connectivity index (χ2v) is 5.29. The van der Waals surface area contributed by atoms with Crippen molar-refractivity contribution in [2.75, 3.05) is 12.4 Å². The molecule has 2 N–H and O–H groups in total. The fourth-order valence-corrected chi connectivity index (χ4v) is 3.37. The summed E-state index contributed by atoms with van der Waals surface area (Å²) in [6.07, 6.45) is -0.663. The molecule has 19 heavy (non-hydrogen) atoms. The predicted octanol–water partition coefficient (Wildman–Crippen LogP) is 0.375. The van der Waals surface area contributed by atoms with Gasteiger partial charge in [-0.05, 0) is 19.4 Å². The molecular weight excluding hydrogens is 272 g/mol. The zero-order chi connectivity index (χ0) is 14.2. The Hall–Kier alpha value is -1.70. The van der Waals surface area contributed by atoms with Gasteiger partial charge in [0.15, 0.2) is 0 Å². The van der Waals surface area contributed by atoms with Gasteiger partial charge in [-0.15, -0.1) is 11.8 Å². The molecule has 1 fully saturated rings. The quantitative estimate of drug-likeness (QED) is 0.728. The van der Waals surface area contributed by atoms with Crippen molar-refractivity contribution in [3.63, 3.8) is 0 Å². The van der Waals surface area contributed by atoms with Crippen molar-refractivity contribution in [1.29, 1.82) is 0 Å². The fourth-order valence-electron chi connectivity index (χ4n) is 2.08. The van der Waals surface area contributed by atoms with Crippen LogP contribution < -0.4 is 5.32 Å². The minimum atomic E-state index is -1.12. The Bertz CT molecular complexity index is 476. The number of aliphatic carboxylic acids is 1. The molecule has 2 heterocycles. The molecular formula is C11H14N2O5S. The molecule has 2 rings (SSSR count). The second-order valence-electron chi connectivity index (χ2n) is 4.19. The third-order valence-corrected chi connectivity index (χ3v) is 4.33. The molecule has 1 saturated heterocycles. The molecule has 7 nitrogen and oxygen atoms in total. The standard InChI is InChI=1S/C11H14N2O5S/c1-3-18-11(17)12-6-8(14)13-7(10(15)16)5(2)4-19-9(6)13/h6,9H,3-4H2,1-2H3,(H,12,17)(H,15,16)/t6-,9+/m1/s1. The maximum atomic E-state index is 11.9. The van der Waals surface area contributed by atoms with Crippen molar-refractivity contribution >= 4 is 29.7 Å². The number of amides is 2. The number of hydrogen-bond acceptors (Lipinski definition) is 5. The molecule has 8 heteroatoms. The minimum absolute atomic E-state index is 0.0238. The van der Waals surface area contributed by atoms with Gasteiger partial charge in [0, 0.05) is 5.75 Å². The highest BCUT2D eigenvalue weighted by Crippen LogP contribution is 2.40. The molecule has 0 aromatic carbocycles. The van der Waals surface area contributed by atoms with Gasteiger partial charge in [0.25, 0.3) is 5.91 Å². The summed E-state index contributed by atoms with van der Waals surface area (Å²) >= 11 is 1.43. The number of hydrogen-bond donors (Lipinski definition) is 2. The summed E-state index contributed by atoms with van der Waals surface area (Å²) in [7, 11) is 0. The zero-order valence-electron chi connectivity index (χ0n) is 10.5. The maximum Gasteiger partial charge on any atom is 0.407 e. The molecule has 0 aliphatic carbocycles.